The van der Waals surface area contributed by atoms with Gasteiger partial charge in [0.2, 0.25) is 0 Å². The summed E-state index contributed by atoms with van der Waals surface area (Å²) in [5.74, 6) is 5.14. The fourth-order valence-corrected chi connectivity index (χ4v) is 5.51. The molecule has 0 radical (unpaired) electrons. The van der Waals surface area contributed by atoms with Gasteiger partial charge < -0.3 is 29.6 Å². The normalized spacial score (nSPS) is 30.2. The van der Waals surface area contributed by atoms with Crippen LogP contribution in [0.15, 0.2) is 17.4 Å². The van der Waals surface area contributed by atoms with Crippen molar-refractivity contribution in [1.82, 2.24) is 10.2 Å². The van der Waals surface area contributed by atoms with Crippen molar-refractivity contribution in [1.29, 1.82) is 0 Å². The van der Waals surface area contributed by atoms with E-state index in [1.165, 1.54) is 12.3 Å². The molecule has 0 aromatic heterocycles. The maximum Gasteiger partial charge on any atom is 0.490 e. The SMILES string of the molecule is [N-]=[N+]=NC1C=CN([C@H]2C[C@@H](ON)[C@@H](COP(=O)(O)OP(=O)(O)OP(=O)(O)O)O2)C(=O)N1. The minimum atomic E-state index is -5.68. The first-order valence-corrected chi connectivity index (χ1v) is 12.4. The molecular formula is C9H17N6O13P3. The van der Waals surface area contributed by atoms with E-state index in [0.29, 0.717) is 0 Å². The van der Waals surface area contributed by atoms with Crippen molar-refractivity contribution < 1.29 is 60.8 Å². The topological polar surface area (TPSA) is 285 Å². The van der Waals surface area contributed by atoms with Gasteiger partial charge in [-0.3, -0.25) is 14.3 Å². The molecule has 2 aliphatic heterocycles. The van der Waals surface area contributed by atoms with Gasteiger partial charge in [-0.25, -0.2) is 24.4 Å². The van der Waals surface area contributed by atoms with E-state index in [4.69, 9.17) is 30.8 Å². The molecule has 22 heteroatoms. The molecule has 2 aliphatic rings. The highest BCUT2D eigenvalue weighted by Crippen LogP contribution is 2.66. The lowest BCUT2D eigenvalue weighted by atomic mass is 10.2. The van der Waals surface area contributed by atoms with Crippen LogP contribution in [0.25, 0.3) is 10.4 Å². The zero-order chi connectivity index (χ0) is 23.4. The van der Waals surface area contributed by atoms with E-state index in [1.54, 1.807) is 0 Å². The number of azide groups is 1. The molecule has 0 spiro atoms. The van der Waals surface area contributed by atoms with Crippen molar-refractivity contribution in [2.24, 2.45) is 11.0 Å². The van der Waals surface area contributed by atoms with Gasteiger partial charge in [0.1, 0.15) is 24.6 Å². The Balaban J connectivity index is 1.99. The molecular weight excluding hydrogens is 493 g/mol. The predicted molar refractivity (Wildman–Crippen MR) is 94.6 cm³/mol. The van der Waals surface area contributed by atoms with Gasteiger partial charge in [-0.15, -0.1) is 0 Å². The number of hydrogen-bond acceptors (Lipinski definition) is 11. The summed E-state index contributed by atoms with van der Waals surface area (Å²) in [5.41, 5.74) is 8.39. The maximum absolute atomic E-state index is 12.1. The smallest absolute Gasteiger partial charge is 0.349 e. The standard InChI is InChI=1S/C9H17N6O13P3/c10-14-13-7-1-2-15(9(16)12-7)8-3-5(26-11)6(25-8)4-24-30(20,21)28-31(22,23)27-29(17,18)19/h1-2,5-8H,3-4,11H2,(H,12,16)(H,20,21)(H,22,23)(H2,17,18,19)/t5-,6-,7?,8-/m1/s1. The van der Waals surface area contributed by atoms with E-state index in [2.05, 4.69) is 33.3 Å². The molecule has 3 unspecified atom stereocenters. The van der Waals surface area contributed by atoms with Crippen LogP contribution in [0, 0.1) is 0 Å². The van der Waals surface area contributed by atoms with E-state index in [9.17, 15) is 23.4 Å². The number of phosphoric ester groups is 1. The average Bonchev–Trinajstić information content (AvgIpc) is 3.00. The van der Waals surface area contributed by atoms with Crippen LogP contribution in [0.2, 0.25) is 0 Å². The molecule has 2 amide bonds. The first-order valence-electron chi connectivity index (χ1n) is 7.86. The lowest BCUT2D eigenvalue weighted by Crippen LogP contribution is -2.49. The van der Waals surface area contributed by atoms with Gasteiger partial charge in [-0.2, -0.15) is 8.62 Å². The van der Waals surface area contributed by atoms with E-state index in [1.807, 2.05) is 0 Å². The summed E-state index contributed by atoms with van der Waals surface area (Å²) in [5, 5.41) is 5.65. The summed E-state index contributed by atoms with van der Waals surface area (Å²) in [7, 11) is -16.6. The quantitative estimate of drug-likeness (QED) is 0.0734. The van der Waals surface area contributed by atoms with Crippen molar-refractivity contribution in [3.8, 4) is 0 Å². The van der Waals surface area contributed by atoms with Gasteiger partial charge in [0, 0.05) is 17.5 Å². The number of amides is 2. The zero-order valence-corrected chi connectivity index (χ0v) is 17.7. The van der Waals surface area contributed by atoms with Crippen LogP contribution in [0.3, 0.4) is 0 Å². The molecule has 19 nitrogen and oxygen atoms in total. The number of rotatable bonds is 10. The molecule has 0 bridgehead atoms. The predicted octanol–water partition coefficient (Wildman–Crippen LogP) is -0.121. The number of urea groups is 1. The Morgan fingerprint density at radius 3 is 2.52 bits per heavy atom. The molecule has 0 aromatic carbocycles. The molecule has 2 rings (SSSR count). The van der Waals surface area contributed by atoms with E-state index in [0.717, 1.165) is 4.90 Å². The molecule has 176 valence electrons. The second-order valence-electron chi connectivity index (χ2n) is 5.77. The third kappa shape index (κ3) is 7.91. The van der Waals surface area contributed by atoms with Crippen LogP contribution in [-0.2, 0) is 36.4 Å². The van der Waals surface area contributed by atoms with E-state index < -0.39 is 60.7 Å². The minimum absolute atomic E-state index is 0.0368. The first kappa shape index (κ1) is 25.9. The lowest BCUT2D eigenvalue weighted by molar-refractivity contribution is -0.0670. The molecule has 0 aliphatic carbocycles. The molecule has 2 heterocycles. The molecule has 6 atom stereocenters. The summed E-state index contributed by atoms with van der Waals surface area (Å²) < 4.78 is 50.9. The second kappa shape index (κ2) is 10.0. The lowest BCUT2D eigenvalue weighted by Gasteiger charge is -2.29. The van der Waals surface area contributed by atoms with Crippen LogP contribution >= 0.6 is 23.5 Å². The summed E-state index contributed by atoms with van der Waals surface area (Å²) in [6, 6.07) is -0.700. The number of nitrogens with two attached hydrogens (primary N) is 1. The van der Waals surface area contributed by atoms with Crippen LogP contribution in [0.5, 0.6) is 0 Å². The van der Waals surface area contributed by atoms with Crippen LogP contribution in [0.4, 0.5) is 4.79 Å². The Labute approximate surface area is 172 Å². The fraction of sp³-hybridized carbons (Fsp3) is 0.667. The Bertz CT molecular complexity index is 903. The summed E-state index contributed by atoms with van der Waals surface area (Å²) in [6.07, 6.45) is -1.50. The largest absolute Gasteiger partial charge is 0.490 e. The number of hydrogen-bond donors (Lipinski definition) is 6. The molecule has 31 heavy (non-hydrogen) atoms. The number of nitrogens with zero attached hydrogens (tertiary/aromatic N) is 4. The highest BCUT2D eigenvalue weighted by atomic mass is 31.3. The van der Waals surface area contributed by atoms with Gasteiger partial charge in [-0.05, 0) is 11.6 Å². The average molecular weight is 510 g/mol. The maximum atomic E-state index is 12.1. The Hall–Kier alpha value is -1.39. The molecule has 0 saturated carbocycles. The summed E-state index contributed by atoms with van der Waals surface area (Å²) in [4.78, 5) is 56.0. The molecule has 1 fully saturated rings. The monoisotopic (exact) mass is 510 g/mol. The zero-order valence-electron chi connectivity index (χ0n) is 15.0. The third-order valence-corrected chi connectivity index (χ3v) is 7.40. The number of carbonyl (C=O) groups is 1. The fourth-order valence-electron chi connectivity index (χ4n) is 2.48. The summed E-state index contributed by atoms with van der Waals surface area (Å²) >= 11 is 0. The minimum Gasteiger partial charge on any atom is -0.349 e. The number of carbonyl (C=O) groups excluding carboxylic acids is 1. The van der Waals surface area contributed by atoms with Gasteiger partial charge in [0.05, 0.1) is 6.61 Å². The van der Waals surface area contributed by atoms with Gasteiger partial charge >= 0.3 is 29.5 Å². The first-order chi connectivity index (χ1) is 14.3. The Morgan fingerprint density at radius 2 is 1.97 bits per heavy atom. The van der Waals surface area contributed by atoms with Crippen molar-refractivity contribution in [2.45, 2.75) is 31.0 Å². The van der Waals surface area contributed by atoms with Crippen molar-refractivity contribution in [3.63, 3.8) is 0 Å². The highest BCUT2D eigenvalue weighted by molar-refractivity contribution is 7.66. The van der Waals surface area contributed by atoms with Crippen molar-refractivity contribution in [2.75, 3.05) is 6.61 Å². The van der Waals surface area contributed by atoms with Crippen molar-refractivity contribution in [3.05, 3.63) is 22.7 Å². The third-order valence-electron chi connectivity index (χ3n) is 3.59. The van der Waals surface area contributed by atoms with Gasteiger partial charge in [0.25, 0.3) is 0 Å². The second-order valence-corrected chi connectivity index (χ2v) is 10.2. The molecule has 7 N–H and O–H groups in total. The Morgan fingerprint density at radius 1 is 1.29 bits per heavy atom. The summed E-state index contributed by atoms with van der Waals surface area (Å²) in [6.45, 7) is -0.817. The van der Waals surface area contributed by atoms with Crippen LogP contribution < -0.4 is 11.2 Å². The van der Waals surface area contributed by atoms with Crippen LogP contribution in [0.1, 0.15) is 6.42 Å². The molecule has 1 saturated heterocycles. The number of phosphoric acid groups is 3. The number of nitrogens with one attached hydrogen (secondary N) is 1. The Kier molecular flexibility index (Phi) is 8.38. The van der Waals surface area contributed by atoms with Crippen LogP contribution in [-0.4, -0.2) is 61.7 Å². The van der Waals surface area contributed by atoms with E-state index in [-0.39, 0.29) is 6.42 Å². The molecule has 0 aromatic rings. The van der Waals surface area contributed by atoms with Gasteiger partial charge in [-0.1, -0.05) is 5.11 Å². The van der Waals surface area contributed by atoms with Crippen molar-refractivity contribution >= 4 is 29.5 Å². The van der Waals surface area contributed by atoms with Gasteiger partial charge in [0.15, 0.2) is 0 Å². The highest BCUT2D eigenvalue weighted by Gasteiger charge is 2.44. The van der Waals surface area contributed by atoms with E-state index >= 15 is 0 Å². The number of ether oxygens (including phenoxy) is 1.